The van der Waals surface area contributed by atoms with Gasteiger partial charge < -0.3 is 16.8 Å². The maximum Gasteiger partial charge on any atom is 0.0635 e. The van der Waals surface area contributed by atoms with E-state index in [1.165, 1.54) is 0 Å². The minimum atomic E-state index is -0.0571. The molecule has 1 atom stereocenters. The van der Waals surface area contributed by atoms with Crippen molar-refractivity contribution in [3.63, 3.8) is 0 Å². The van der Waals surface area contributed by atoms with Gasteiger partial charge in [-0.05, 0) is 13.0 Å². The lowest BCUT2D eigenvalue weighted by Crippen LogP contribution is -2.39. The maximum atomic E-state index is 8.15. The molecule has 0 saturated heterocycles. The Bertz CT molecular complexity index is 107. The van der Waals surface area contributed by atoms with Gasteiger partial charge in [0, 0.05) is 13.0 Å². The van der Waals surface area contributed by atoms with E-state index in [1.54, 1.807) is 0 Å². The van der Waals surface area contributed by atoms with Crippen molar-refractivity contribution in [3.05, 3.63) is 0 Å². The van der Waals surface area contributed by atoms with E-state index < -0.39 is 0 Å². The molecule has 0 aliphatic rings. The van der Waals surface area contributed by atoms with Crippen molar-refractivity contribution in [2.45, 2.75) is 19.0 Å². The SMILES string of the molecule is N#CCCNC(N)CCN. The molecule has 0 amide bonds. The zero-order chi connectivity index (χ0) is 7.82. The molecule has 0 aromatic rings. The van der Waals surface area contributed by atoms with Crippen LogP contribution in [-0.2, 0) is 0 Å². The summed E-state index contributed by atoms with van der Waals surface area (Å²) in [4.78, 5) is 0. The van der Waals surface area contributed by atoms with Gasteiger partial charge in [0.15, 0.2) is 0 Å². The molecule has 0 aromatic carbocycles. The van der Waals surface area contributed by atoms with Crippen LogP contribution in [0.2, 0.25) is 0 Å². The largest absolute Gasteiger partial charge is 0.330 e. The van der Waals surface area contributed by atoms with Crippen molar-refractivity contribution in [2.75, 3.05) is 13.1 Å². The average molecular weight is 142 g/mol. The highest BCUT2D eigenvalue weighted by molar-refractivity contribution is 4.71. The smallest absolute Gasteiger partial charge is 0.0635 e. The van der Waals surface area contributed by atoms with Gasteiger partial charge in [-0.15, -0.1) is 0 Å². The molecule has 1 unspecified atom stereocenters. The van der Waals surface area contributed by atoms with Crippen LogP contribution in [0.4, 0.5) is 0 Å². The highest BCUT2D eigenvalue weighted by Crippen LogP contribution is 1.79. The Hall–Kier alpha value is -0.630. The normalized spacial score (nSPS) is 12.5. The van der Waals surface area contributed by atoms with Crippen LogP contribution in [0.1, 0.15) is 12.8 Å². The van der Waals surface area contributed by atoms with Crippen molar-refractivity contribution < 1.29 is 0 Å². The summed E-state index contributed by atoms with van der Waals surface area (Å²) < 4.78 is 0. The molecule has 5 N–H and O–H groups in total. The fourth-order valence-electron chi connectivity index (χ4n) is 0.595. The minimum Gasteiger partial charge on any atom is -0.330 e. The lowest BCUT2D eigenvalue weighted by atomic mass is 10.3. The fourth-order valence-corrected chi connectivity index (χ4v) is 0.595. The predicted octanol–water partition coefficient (Wildman–Crippen LogP) is -0.877. The molecule has 0 fully saturated rings. The first-order valence-corrected chi connectivity index (χ1v) is 3.37. The molecule has 0 aromatic heterocycles. The van der Waals surface area contributed by atoms with Crippen LogP contribution in [0, 0.1) is 11.3 Å². The van der Waals surface area contributed by atoms with Gasteiger partial charge in [0.05, 0.1) is 12.2 Å². The van der Waals surface area contributed by atoms with Crippen LogP contribution >= 0.6 is 0 Å². The van der Waals surface area contributed by atoms with Gasteiger partial charge in [-0.3, -0.25) is 0 Å². The van der Waals surface area contributed by atoms with Gasteiger partial charge in [-0.2, -0.15) is 5.26 Å². The van der Waals surface area contributed by atoms with E-state index in [0.717, 1.165) is 6.42 Å². The molecule has 0 aliphatic carbocycles. The number of rotatable bonds is 5. The van der Waals surface area contributed by atoms with Crippen LogP contribution in [0.15, 0.2) is 0 Å². The Morgan fingerprint density at radius 1 is 1.60 bits per heavy atom. The van der Waals surface area contributed by atoms with E-state index in [-0.39, 0.29) is 6.17 Å². The van der Waals surface area contributed by atoms with E-state index in [0.29, 0.717) is 19.5 Å². The Morgan fingerprint density at radius 3 is 2.80 bits per heavy atom. The van der Waals surface area contributed by atoms with Crippen molar-refractivity contribution in [1.29, 1.82) is 5.26 Å². The first-order chi connectivity index (χ1) is 4.81. The molecule has 0 aliphatic heterocycles. The van der Waals surface area contributed by atoms with Crippen molar-refractivity contribution in [2.24, 2.45) is 11.5 Å². The molecule has 0 spiro atoms. The second kappa shape index (κ2) is 6.49. The Morgan fingerprint density at radius 2 is 2.30 bits per heavy atom. The number of hydrogen-bond donors (Lipinski definition) is 3. The highest BCUT2D eigenvalue weighted by atomic mass is 15.0. The zero-order valence-electron chi connectivity index (χ0n) is 6.01. The highest BCUT2D eigenvalue weighted by Gasteiger charge is 1.96. The third kappa shape index (κ3) is 5.51. The number of hydrogen-bond acceptors (Lipinski definition) is 4. The Balaban J connectivity index is 3.06. The topological polar surface area (TPSA) is 87.9 Å². The predicted molar refractivity (Wildman–Crippen MR) is 39.9 cm³/mol. The van der Waals surface area contributed by atoms with E-state index in [2.05, 4.69) is 5.32 Å². The van der Waals surface area contributed by atoms with Crippen LogP contribution in [-0.4, -0.2) is 19.3 Å². The summed E-state index contributed by atoms with van der Waals surface area (Å²) in [5, 5.41) is 11.1. The van der Waals surface area contributed by atoms with E-state index >= 15 is 0 Å². The van der Waals surface area contributed by atoms with Crippen molar-refractivity contribution in [3.8, 4) is 6.07 Å². The third-order valence-electron chi connectivity index (χ3n) is 1.12. The van der Waals surface area contributed by atoms with E-state index in [1.807, 2.05) is 6.07 Å². The van der Waals surface area contributed by atoms with Crippen LogP contribution in [0.3, 0.4) is 0 Å². The lowest BCUT2D eigenvalue weighted by molar-refractivity contribution is 0.507. The molecule has 0 heterocycles. The summed E-state index contributed by atoms with van der Waals surface area (Å²) in [7, 11) is 0. The molecule has 0 rings (SSSR count). The quantitative estimate of drug-likeness (QED) is 0.344. The molecule has 10 heavy (non-hydrogen) atoms. The summed E-state index contributed by atoms with van der Waals surface area (Å²) in [5.74, 6) is 0. The molecular weight excluding hydrogens is 128 g/mol. The average Bonchev–Trinajstić information content (AvgIpc) is 1.89. The maximum absolute atomic E-state index is 8.15. The Kier molecular flexibility index (Phi) is 6.08. The summed E-state index contributed by atoms with van der Waals surface area (Å²) >= 11 is 0. The van der Waals surface area contributed by atoms with Crippen LogP contribution in [0.5, 0.6) is 0 Å². The van der Waals surface area contributed by atoms with E-state index in [9.17, 15) is 0 Å². The number of nitrogens with two attached hydrogens (primary N) is 2. The van der Waals surface area contributed by atoms with Crippen LogP contribution < -0.4 is 16.8 Å². The van der Waals surface area contributed by atoms with Gasteiger partial charge in [-0.1, -0.05) is 0 Å². The van der Waals surface area contributed by atoms with Gasteiger partial charge in [-0.25, -0.2) is 0 Å². The molecule has 0 saturated carbocycles. The van der Waals surface area contributed by atoms with Gasteiger partial charge in [0.2, 0.25) is 0 Å². The third-order valence-corrected chi connectivity index (χ3v) is 1.12. The summed E-state index contributed by atoms with van der Waals surface area (Å²) in [6.45, 7) is 1.23. The summed E-state index contributed by atoms with van der Waals surface area (Å²) in [6, 6.07) is 2.02. The first kappa shape index (κ1) is 9.37. The number of nitrogens with zero attached hydrogens (tertiary/aromatic N) is 1. The van der Waals surface area contributed by atoms with Crippen molar-refractivity contribution in [1.82, 2.24) is 5.32 Å². The molecule has 58 valence electrons. The second-order valence-corrected chi connectivity index (χ2v) is 2.05. The molecule has 4 nitrogen and oxygen atoms in total. The fraction of sp³-hybridized carbons (Fsp3) is 0.833. The zero-order valence-corrected chi connectivity index (χ0v) is 6.01. The van der Waals surface area contributed by atoms with Gasteiger partial charge >= 0.3 is 0 Å². The molecule has 0 bridgehead atoms. The van der Waals surface area contributed by atoms with Crippen LogP contribution in [0.25, 0.3) is 0 Å². The van der Waals surface area contributed by atoms with E-state index in [4.69, 9.17) is 16.7 Å². The minimum absolute atomic E-state index is 0.0571. The number of nitriles is 1. The summed E-state index contributed by atoms with van der Waals surface area (Å²) in [6.07, 6.45) is 1.20. The molecule has 0 radical (unpaired) electrons. The van der Waals surface area contributed by atoms with Crippen molar-refractivity contribution >= 4 is 0 Å². The standard InChI is InChI=1S/C6H14N4/c7-3-1-5-10-6(9)2-4-8/h6,10H,1-2,4-5,8-9H2. The first-order valence-electron chi connectivity index (χ1n) is 3.37. The molecule has 4 heteroatoms. The number of nitrogens with one attached hydrogen (secondary N) is 1. The van der Waals surface area contributed by atoms with Gasteiger partial charge in [0.25, 0.3) is 0 Å². The van der Waals surface area contributed by atoms with Gasteiger partial charge in [0.1, 0.15) is 0 Å². The summed E-state index contributed by atoms with van der Waals surface area (Å²) in [5.41, 5.74) is 10.8. The lowest BCUT2D eigenvalue weighted by Gasteiger charge is -2.09. The second-order valence-electron chi connectivity index (χ2n) is 2.05. The monoisotopic (exact) mass is 142 g/mol. The Labute approximate surface area is 61.2 Å². The molecular formula is C6H14N4.